The maximum absolute atomic E-state index is 9.27. The zero-order valence-corrected chi connectivity index (χ0v) is 3.76. The topological polar surface area (TPSA) is 38.7 Å². The molecule has 4 heteroatoms. The summed E-state index contributed by atoms with van der Waals surface area (Å²) in [7, 11) is 0.663. The van der Waals surface area contributed by atoms with Gasteiger partial charge in [-0.25, -0.2) is 4.84 Å². The van der Waals surface area contributed by atoms with Crippen molar-refractivity contribution in [1.82, 2.24) is 0 Å². The number of nitrogens with zero attached hydrogens (tertiary/aromatic N) is 1. The molecule has 0 rings (SSSR count). The molecule has 0 aromatic carbocycles. The Hall–Kier alpha value is -0.140. The van der Waals surface area contributed by atoms with Crippen LogP contribution in [0.2, 0.25) is 0 Å². The Kier molecular flexibility index (Phi) is 3.75. The second-order valence-electron chi connectivity index (χ2n) is 0.365. The van der Waals surface area contributed by atoms with Crippen molar-refractivity contribution < 1.29 is 9.40 Å². The van der Waals surface area contributed by atoms with Gasteiger partial charge < -0.3 is 0 Å². The highest BCUT2D eigenvalue weighted by molar-refractivity contribution is 7.11. The van der Waals surface area contributed by atoms with E-state index < -0.39 is 8.25 Å². The highest BCUT2D eigenvalue weighted by Gasteiger charge is 1.46. The minimum absolute atomic E-state index is 0.689. The molecule has 0 N–H and O–H groups in total. The lowest BCUT2D eigenvalue weighted by Gasteiger charge is -1.65. The van der Waals surface area contributed by atoms with Gasteiger partial charge in [0.25, 0.3) is 0 Å². The van der Waals surface area contributed by atoms with Crippen molar-refractivity contribution in [1.29, 1.82) is 0 Å². The smallest absolute Gasteiger partial charge is 0.206 e. The molecular formula is CH4NO2P. The first-order valence-corrected chi connectivity index (χ1v) is 1.87. The molecule has 0 aliphatic rings. The Bertz CT molecular complexity index is 56.7. The summed E-state index contributed by atoms with van der Waals surface area (Å²) in [6, 6.07) is 0. The van der Waals surface area contributed by atoms with E-state index in [4.69, 9.17) is 0 Å². The molecule has 3 nitrogen and oxygen atoms in total. The lowest BCUT2D eigenvalue weighted by molar-refractivity contribution is 0.219. The summed E-state index contributed by atoms with van der Waals surface area (Å²) >= 11 is 0. The standard InChI is InChI=1S/CH4NO2P/c1-4-2-5-3/h5H,1H3. The van der Waals surface area contributed by atoms with Crippen LogP contribution in [0.4, 0.5) is 0 Å². The van der Waals surface area contributed by atoms with Crippen LogP contribution in [0.3, 0.4) is 0 Å². The summed E-state index contributed by atoms with van der Waals surface area (Å²) in [5.74, 6) is 0. The molecule has 0 aromatic heterocycles. The number of hydrogen-bond donors (Lipinski definition) is 0. The van der Waals surface area contributed by atoms with E-state index >= 15 is 0 Å². The van der Waals surface area contributed by atoms with Gasteiger partial charge in [0.15, 0.2) is 0 Å². The highest BCUT2D eigenvalue weighted by atomic mass is 31.0. The van der Waals surface area contributed by atoms with Gasteiger partial charge in [0.1, 0.15) is 0 Å². The minimum atomic E-state index is -0.689. The van der Waals surface area contributed by atoms with Gasteiger partial charge in [0, 0.05) is 0 Å². The van der Waals surface area contributed by atoms with Gasteiger partial charge >= 0.3 is 0 Å². The average Bonchev–Trinajstić information content (AvgIpc) is 1.41. The summed E-state index contributed by atoms with van der Waals surface area (Å²) < 4.78 is 9.27. The highest BCUT2D eigenvalue weighted by Crippen LogP contribution is 1.75. The van der Waals surface area contributed by atoms with Gasteiger partial charge in [-0.15, -0.1) is 0 Å². The molecule has 0 bridgehead atoms. The van der Waals surface area contributed by atoms with Crippen molar-refractivity contribution in [2.75, 3.05) is 7.11 Å². The minimum Gasteiger partial charge on any atom is -0.263 e. The third-order valence-corrected chi connectivity index (χ3v) is 0.386. The van der Waals surface area contributed by atoms with E-state index in [1.807, 2.05) is 0 Å². The first-order valence-electron chi connectivity index (χ1n) is 1.02. The first kappa shape index (κ1) is 4.86. The van der Waals surface area contributed by atoms with Crippen molar-refractivity contribution in [2.24, 2.45) is 4.91 Å². The molecule has 30 valence electrons. The molecule has 1 atom stereocenters. The van der Waals surface area contributed by atoms with Gasteiger partial charge in [-0.1, -0.05) is 4.91 Å². The molecule has 0 radical (unpaired) electrons. The van der Waals surface area contributed by atoms with E-state index in [1.165, 1.54) is 7.11 Å². The number of rotatable bonds is 1. The van der Waals surface area contributed by atoms with Crippen molar-refractivity contribution in [2.45, 2.75) is 0 Å². The van der Waals surface area contributed by atoms with Gasteiger partial charge in [-0.2, -0.15) is 0 Å². The van der Waals surface area contributed by atoms with E-state index in [1.54, 1.807) is 0 Å². The molecule has 0 fully saturated rings. The van der Waals surface area contributed by atoms with Gasteiger partial charge in [0.2, 0.25) is 8.25 Å². The van der Waals surface area contributed by atoms with E-state index in [0.717, 1.165) is 0 Å². The fourth-order valence-electron chi connectivity index (χ4n) is 0.0373. The second kappa shape index (κ2) is 3.86. The fraction of sp³-hybridized carbons (Fsp3) is 1.00. The third-order valence-electron chi connectivity index (χ3n) is 0.129. The van der Waals surface area contributed by atoms with Crippen LogP contribution >= 0.6 is 8.25 Å². The van der Waals surface area contributed by atoms with E-state index in [0.29, 0.717) is 0 Å². The van der Waals surface area contributed by atoms with Crippen molar-refractivity contribution in [3.63, 3.8) is 0 Å². The van der Waals surface area contributed by atoms with Crippen LogP contribution in [-0.2, 0) is 9.40 Å². The second-order valence-corrected chi connectivity index (χ2v) is 0.730. The largest absolute Gasteiger partial charge is 0.263 e. The molecule has 5 heavy (non-hydrogen) atoms. The van der Waals surface area contributed by atoms with Crippen LogP contribution in [0.15, 0.2) is 4.91 Å². The summed E-state index contributed by atoms with van der Waals surface area (Å²) in [4.78, 5) is 6.96. The van der Waals surface area contributed by atoms with Crippen LogP contribution in [0.25, 0.3) is 0 Å². The number of hydrogen-bond acceptors (Lipinski definition) is 3. The summed E-state index contributed by atoms with van der Waals surface area (Å²) in [5.41, 5.74) is 0. The van der Waals surface area contributed by atoms with Gasteiger partial charge in [-0.3, -0.25) is 4.57 Å². The molecule has 0 heterocycles. The van der Waals surface area contributed by atoms with E-state index in [2.05, 4.69) is 9.75 Å². The Morgan fingerprint density at radius 1 is 2.00 bits per heavy atom. The maximum atomic E-state index is 9.27. The van der Waals surface area contributed by atoms with Crippen LogP contribution < -0.4 is 0 Å². The monoisotopic (exact) mass is 93.0 g/mol. The molecule has 0 amide bonds. The molecule has 0 aliphatic heterocycles. The molecule has 0 aromatic rings. The van der Waals surface area contributed by atoms with Crippen molar-refractivity contribution in [3.8, 4) is 0 Å². The van der Waals surface area contributed by atoms with E-state index in [9.17, 15) is 4.57 Å². The van der Waals surface area contributed by atoms with E-state index in [-0.39, 0.29) is 0 Å². The van der Waals surface area contributed by atoms with Crippen LogP contribution in [0.1, 0.15) is 0 Å². The molecule has 0 saturated carbocycles. The van der Waals surface area contributed by atoms with Crippen LogP contribution in [0, 0.1) is 0 Å². The summed E-state index contributed by atoms with van der Waals surface area (Å²) in [6.07, 6.45) is 0. The quantitative estimate of drug-likeness (QED) is 0.354. The Morgan fingerprint density at radius 2 is 2.60 bits per heavy atom. The SMILES string of the molecule is CON=[PH]=O. The lowest BCUT2D eigenvalue weighted by Crippen LogP contribution is -1.52. The normalized spacial score (nSPS) is 8.20. The summed E-state index contributed by atoms with van der Waals surface area (Å²) in [6.45, 7) is 0. The Morgan fingerprint density at radius 3 is 2.60 bits per heavy atom. The zero-order chi connectivity index (χ0) is 4.12. The molecule has 0 saturated heterocycles. The molecule has 0 spiro atoms. The third kappa shape index (κ3) is 3.86. The Balaban J connectivity index is 2.93. The van der Waals surface area contributed by atoms with Gasteiger partial charge in [-0.05, 0) is 0 Å². The lowest BCUT2D eigenvalue weighted by atomic mass is 11.7. The maximum Gasteiger partial charge on any atom is 0.206 e. The first-order chi connectivity index (χ1) is 2.41. The van der Waals surface area contributed by atoms with Gasteiger partial charge in [0.05, 0.1) is 7.11 Å². The average molecular weight is 93.0 g/mol. The van der Waals surface area contributed by atoms with Crippen LogP contribution in [0.5, 0.6) is 0 Å². The van der Waals surface area contributed by atoms with Crippen molar-refractivity contribution >= 4 is 8.25 Å². The Labute approximate surface area is 30.8 Å². The van der Waals surface area contributed by atoms with Crippen LogP contribution in [-0.4, -0.2) is 7.11 Å². The summed E-state index contributed by atoms with van der Waals surface area (Å²) in [5, 5.41) is 0. The molecule has 0 aliphatic carbocycles. The molecule has 1 unspecified atom stereocenters. The predicted octanol–water partition coefficient (Wildman–Crippen LogP) is 0.755. The van der Waals surface area contributed by atoms with Crippen molar-refractivity contribution in [3.05, 3.63) is 0 Å². The zero-order valence-electron chi connectivity index (χ0n) is 2.76. The molecular weight excluding hydrogens is 89.0 g/mol. The fourth-order valence-corrected chi connectivity index (χ4v) is 0.112. The predicted molar refractivity (Wildman–Crippen MR) is 18.4 cm³/mol.